The molecule has 16 heavy (non-hydrogen) atoms. The van der Waals surface area contributed by atoms with E-state index in [1.165, 1.54) is 6.92 Å². The molecule has 0 aliphatic heterocycles. The number of rotatable bonds is 4. The molecule has 3 nitrogen and oxygen atoms in total. The highest BCUT2D eigenvalue weighted by molar-refractivity contribution is 9.10. The maximum atomic E-state index is 11.2. The Balaban J connectivity index is 3.07. The molecule has 0 aliphatic rings. The average Bonchev–Trinajstić information content (AvgIpc) is 2.19. The van der Waals surface area contributed by atoms with Crippen LogP contribution in [0.1, 0.15) is 18.9 Å². The van der Waals surface area contributed by atoms with Crippen LogP contribution in [0.15, 0.2) is 34.3 Å². The minimum Gasteiger partial charge on any atom is -0.481 e. The number of halogens is 1. The lowest BCUT2D eigenvalue weighted by Crippen LogP contribution is -2.04. The SMILES string of the molecule is CC(=O)/C(=C/c1ccccc1Br)CC(=O)O. The molecule has 0 aromatic heterocycles. The van der Waals surface area contributed by atoms with Crippen molar-refractivity contribution in [1.29, 1.82) is 0 Å². The summed E-state index contributed by atoms with van der Waals surface area (Å²) in [6, 6.07) is 7.33. The number of Topliss-reactive ketones (excluding diaryl/α,β-unsaturated/α-hetero) is 1. The van der Waals surface area contributed by atoms with Gasteiger partial charge in [0.25, 0.3) is 0 Å². The molecule has 0 bridgehead atoms. The third-order valence-corrected chi connectivity index (χ3v) is 2.75. The molecule has 0 radical (unpaired) electrons. The number of carbonyl (C=O) groups excluding carboxylic acids is 1. The number of hydrogen-bond donors (Lipinski definition) is 1. The third kappa shape index (κ3) is 3.62. The Morgan fingerprint density at radius 3 is 2.50 bits per heavy atom. The summed E-state index contributed by atoms with van der Waals surface area (Å²) in [5.74, 6) is -1.23. The summed E-state index contributed by atoms with van der Waals surface area (Å²) in [6.07, 6.45) is 1.34. The van der Waals surface area contributed by atoms with E-state index in [1.807, 2.05) is 24.3 Å². The van der Waals surface area contributed by atoms with Crippen LogP contribution in [0.5, 0.6) is 0 Å². The number of aliphatic carboxylic acids is 1. The molecule has 0 saturated carbocycles. The van der Waals surface area contributed by atoms with Gasteiger partial charge >= 0.3 is 5.97 Å². The number of carboxylic acid groups (broad SMARTS) is 1. The van der Waals surface area contributed by atoms with Crippen molar-refractivity contribution in [1.82, 2.24) is 0 Å². The summed E-state index contributed by atoms with van der Waals surface area (Å²) < 4.78 is 0.833. The van der Waals surface area contributed by atoms with Crippen LogP contribution in [-0.2, 0) is 9.59 Å². The van der Waals surface area contributed by atoms with Crippen LogP contribution in [0.3, 0.4) is 0 Å². The van der Waals surface area contributed by atoms with Gasteiger partial charge in [-0.15, -0.1) is 0 Å². The van der Waals surface area contributed by atoms with Gasteiger partial charge in [-0.1, -0.05) is 34.1 Å². The summed E-state index contributed by atoms with van der Waals surface area (Å²) in [4.78, 5) is 21.8. The van der Waals surface area contributed by atoms with Crippen molar-refractivity contribution in [2.45, 2.75) is 13.3 Å². The lowest BCUT2D eigenvalue weighted by atomic mass is 10.1. The summed E-state index contributed by atoms with van der Waals surface area (Å²) >= 11 is 3.34. The van der Waals surface area contributed by atoms with Gasteiger partial charge in [-0.3, -0.25) is 9.59 Å². The quantitative estimate of drug-likeness (QED) is 0.864. The van der Waals surface area contributed by atoms with E-state index >= 15 is 0 Å². The molecule has 0 saturated heterocycles. The van der Waals surface area contributed by atoms with Crippen molar-refractivity contribution in [3.8, 4) is 0 Å². The van der Waals surface area contributed by atoms with Crippen molar-refractivity contribution in [2.75, 3.05) is 0 Å². The molecule has 84 valence electrons. The summed E-state index contributed by atoms with van der Waals surface area (Å²) in [6.45, 7) is 1.37. The van der Waals surface area contributed by atoms with Crippen LogP contribution in [-0.4, -0.2) is 16.9 Å². The molecule has 0 aliphatic carbocycles. The van der Waals surface area contributed by atoms with E-state index in [-0.39, 0.29) is 12.2 Å². The molecule has 0 unspecified atom stereocenters. The maximum Gasteiger partial charge on any atom is 0.307 e. The molecule has 0 heterocycles. The van der Waals surface area contributed by atoms with Gasteiger partial charge in [0, 0.05) is 10.0 Å². The van der Waals surface area contributed by atoms with Crippen LogP contribution in [0.4, 0.5) is 0 Å². The number of ketones is 1. The Kier molecular flexibility index (Phi) is 4.43. The van der Waals surface area contributed by atoms with E-state index in [0.29, 0.717) is 5.57 Å². The first-order chi connectivity index (χ1) is 7.50. The minimum atomic E-state index is -1.01. The lowest BCUT2D eigenvalue weighted by molar-refractivity contribution is -0.136. The number of benzene rings is 1. The van der Waals surface area contributed by atoms with E-state index in [0.717, 1.165) is 10.0 Å². The minimum absolute atomic E-state index is 0.224. The van der Waals surface area contributed by atoms with E-state index in [2.05, 4.69) is 15.9 Å². The van der Waals surface area contributed by atoms with Gasteiger partial charge < -0.3 is 5.11 Å². The summed E-state index contributed by atoms with van der Waals surface area (Å²) in [5.41, 5.74) is 1.09. The first kappa shape index (κ1) is 12.6. The van der Waals surface area contributed by atoms with Gasteiger partial charge in [0.15, 0.2) is 5.78 Å². The first-order valence-electron chi connectivity index (χ1n) is 4.68. The Morgan fingerprint density at radius 2 is 2.00 bits per heavy atom. The molecule has 1 N–H and O–H groups in total. The monoisotopic (exact) mass is 282 g/mol. The third-order valence-electron chi connectivity index (χ3n) is 2.03. The molecular formula is C12H11BrO3. The zero-order valence-electron chi connectivity index (χ0n) is 8.74. The lowest BCUT2D eigenvalue weighted by Gasteiger charge is -2.02. The number of carboxylic acids is 1. The molecule has 1 aromatic rings. The van der Waals surface area contributed by atoms with Crippen molar-refractivity contribution >= 4 is 33.8 Å². The standard InChI is InChI=1S/C12H11BrO3/c1-8(14)10(7-12(15)16)6-9-4-2-3-5-11(9)13/h2-6H,7H2,1H3,(H,15,16)/b10-6+. The van der Waals surface area contributed by atoms with Crippen molar-refractivity contribution in [2.24, 2.45) is 0 Å². The highest BCUT2D eigenvalue weighted by atomic mass is 79.9. The second-order valence-corrected chi connectivity index (χ2v) is 4.17. The van der Waals surface area contributed by atoms with Crippen LogP contribution >= 0.6 is 15.9 Å². The van der Waals surface area contributed by atoms with Crippen LogP contribution < -0.4 is 0 Å². The van der Waals surface area contributed by atoms with E-state index < -0.39 is 5.97 Å². The fourth-order valence-electron chi connectivity index (χ4n) is 1.22. The number of hydrogen-bond acceptors (Lipinski definition) is 2. The van der Waals surface area contributed by atoms with Crippen LogP contribution in [0.25, 0.3) is 6.08 Å². The highest BCUT2D eigenvalue weighted by Crippen LogP contribution is 2.20. The van der Waals surface area contributed by atoms with Gasteiger partial charge in [-0.05, 0) is 24.6 Å². The Bertz CT molecular complexity index is 449. The fraction of sp³-hybridized carbons (Fsp3) is 0.167. The summed E-state index contributed by atoms with van der Waals surface area (Å²) in [5, 5.41) is 8.68. The molecule has 4 heteroatoms. The van der Waals surface area contributed by atoms with Gasteiger partial charge in [0.05, 0.1) is 6.42 Å². The predicted octanol–water partition coefficient (Wildman–Crippen LogP) is 2.90. The van der Waals surface area contributed by atoms with Gasteiger partial charge in [0.1, 0.15) is 0 Å². The second-order valence-electron chi connectivity index (χ2n) is 3.32. The molecule has 1 rings (SSSR count). The van der Waals surface area contributed by atoms with Gasteiger partial charge in [0.2, 0.25) is 0 Å². The number of carbonyl (C=O) groups is 2. The fourth-order valence-corrected chi connectivity index (χ4v) is 1.62. The molecule has 0 amide bonds. The predicted molar refractivity (Wildman–Crippen MR) is 65.1 cm³/mol. The molecule has 1 aromatic carbocycles. The average molecular weight is 283 g/mol. The Morgan fingerprint density at radius 1 is 1.38 bits per heavy atom. The van der Waals surface area contributed by atoms with Gasteiger partial charge in [-0.25, -0.2) is 0 Å². The van der Waals surface area contributed by atoms with E-state index in [1.54, 1.807) is 6.08 Å². The molecule has 0 atom stereocenters. The van der Waals surface area contributed by atoms with Gasteiger partial charge in [-0.2, -0.15) is 0 Å². The molecular weight excluding hydrogens is 272 g/mol. The second kappa shape index (κ2) is 5.61. The molecule has 0 fully saturated rings. The van der Waals surface area contributed by atoms with E-state index in [9.17, 15) is 9.59 Å². The zero-order valence-corrected chi connectivity index (χ0v) is 10.3. The molecule has 0 spiro atoms. The van der Waals surface area contributed by atoms with Crippen LogP contribution in [0.2, 0.25) is 0 Å². The topological polar surface area (TPSA) is 54.4 Å². The normalized spacial score (nSPS) is 11.2. The van der Waals surface area contributed by atoms with Crippen molar-refractivity contribution in [3.05, 3.63) is 39.9 Å². The zero-order chi connectivity index (χ0) is 12.1. The Hall–Kier alpha value is -1.42. The van der Waals surface area contributed by atoms with Crippen molar-refractivity contribution < 1.29 is 14.7 Å². The van der Waals surface area contributed by atoms with Crippen molar-refractivity contribution in [3.63, 3.8) is 0 Å². The largest absolute Gasteiger partial charge is 0.481 e. The smallest absolute Gasteiger partial charge is 0.307 e. The van der Waals surface area contributed by atoms with E-state index in [4.69, 9.17) is 5.11 Å². The summed E-state index contributed by atoms with van der Waals surface area (Å²) in [7, 11) is 0. The Labute approximate surface area is 102 Å². The maximum absolute atomic E-state index is 11.2. The van der Waals surface area contributed by atoms with Crippen LogP contribution in [0, 0.1) is 0 Å². The first-order valence-corrected chi connectivity index (χ1v) is 5.48. The highest BCUT2D eigenvalue weighted by Gasteiger charge is 2.09.